The molecule has 30 heavy (non-hydrogen) atoms. The third-order valence-electron chi connectivity index (χ3n) is 5.56. The van der Waals surface area contributed by atoms with Gasteiger partial charge >= 0.3 is 0 Å². The van der Waals surface area contributed by atoms with E-state index in [0.29, 0.717) is 18.1 Å². The van der Waals surface area contributed by atoms with Crippen LogP contribution in [0.1, 0.15) is 44.6 Å². The van der Waals surface area contributed by atoms with Crippen LogP contribution in [0.5, 0.6) is 0 Å². The van der Waals surface area contributed by atoms with Crippen LogP contribution < -0.4 is 5.32 Å². The van der Waals surface area contributed by atoms with Gasteiger partial charge in [0.1, 0.15) is 0 Å². The second-order valence-electron chi connectivity index (χ2n) is 7.69. The zero-order chi connectivity index (χ0) is 21.5. The summed E-state index contributed by atoms with van der Waals surface area (Å²) in [7, 11) is 0. The summed E-state index contributed by atoms with van der Waals surface area (Å²) in [6.07, 6.45) is 2.38. The van der Waals surface area contributed by atoms with Gasteiger partial charge in [0.2, 0.25) is 11.8 Å². The van der Waals surface area contributed by atoms with Crippen molar-refractivity contribution in [1.29, 1.82) is 0 Å². The predicted octanol–water partition coefficient (Wildman–Crippen LogP) is 5.12. The summed E-state index contributed by atoms with van der Waals surface area (Å²) in [5.41, 5.74) is 1.08. The predicted molar refractivity (Wildman–Crippen MR) is 124 cm³/mol. The quantitative estimate of drug-likeness (QED) is 0.603. The Morgan fingerprint density at radius 3 is 2.33 bits per heavy atom. The fraction of sp³-hybridized carbons (Fsp3) is 0.417. The van der Waals surface area contributed by atoms with Crippen LogP contribution in [0.25, 0.3) is 0 Å². The first kappa shape index (κ1) is 22.7. The number of rotatable bonds is 7. The van der Waals surface area contributed by atoms with Crippen LogP contribution in [-0.4, -0.2) is 41.1 Å². The maximum atomic E-state index is 13.0. The van der Waals surface area contributed by atoms with Gasteiger partial charge in [-0.25, -0.2) is 0 Å². The van der Waals surface area contributed by atoms with Crippen LogP contribution >= 0.6 is 23.4 Å². The molecule has 1 N–H and O–H groups in total. The standard InChI is InChI=1S/C24H29ClN2O2S/c1-3-22(18-7-5-4-6-8-18)24(29)27-15-13-20(14-16-27)26-23(28)17(2)30-21-11-9-19(25)10-12-21/h4-12,17,20,22H,3,13-16H2,1-2H3,(H,26,28). The third-order valence-corrected chi connectivity index (χ3v) is 6.92. The fourth-order valence-electron chi connectivity index (χ4n) is 3.79. The van der Waals surface area contributed by atoms with Gasteiger partial charge in [0, 0.05) is 29.0 Å². The van der Waals surface area contributed by atoms with Crippen molar-refractivity contribution in [2.45, 2.75) is 55.2 Å². The number of carbonyl (C=O) groups is 2. The number of carbonyl (C=O) groups excluding carboxylic acids is 2. The molecule has 0 aromatic heterocycles. The molecule has 0 bridgehead atoms. The van der Waals surface area contributed by atoms with Crippen molar-refractivity contribution in [3.8, 4) is 0 Å². The van der Waals surface area contributed by atoms with Crippen LogP contribution in [0.2, 0.25) is 5.02 Å². The molecule has 1 fully saturated rings. The first-order chi connectivity index (χ1) is 14.5. The number of halogens is 1. The molecule has 1 aliphatic rings. The normalized spacial score (nSPS) is 16.7. The molecule has 1 saturated heterocycles. The number of hydrogen-bond acceptors (Lipinski definition) is 3. The largest absolute Gasteiger partial charge is 0.352 e. The summed E-state index contributed by atoms with van der Waals surface area (Å²) < 4.78 is 0. The van der Waals surface area contributed by atoms with E-state index in [1.807, 2.05) is 66.4 Å². The highest BCUT2D eigenvalue weighted by Gasteiger charge is 2.29. The molecular weight excluding hydrogens is 416 g/mol. The Morgan fingerprint density at radius 1 is 1.10 bits per heavy atom. The lowest BCUT2D eigenvalue weighted by molar-refractivity contribution is -0.134. The minimum Gasteiger partial charge on any atom is -0.352 e. The number of thioether (sulfide) groups is 1. The zero-order valence-corrected chi connectivity index (χ0v) is 19.1. The zero-order valence-electron chi connectivity index (χ0n) is 17.5. The van der Waals surface area contributed by atoms with Crippen molar-refractivity contribution in [2.24, 2.45) is 0 Å². The van der Waals surface area contributed by atoms with E-state index in [9.17, 15) is 9.59 Å². The lowest BCUT2D eigenvalue weighted by Crippen LogP contribution is -2.49. The van der Waals surface area contributed by atoms with E-state index in [1.165, 1.54) is 11.8 Å². The van der Waals surface area contributed by atoms with Gasteiger partial charge in [-0.2, -0.15) is 0 Å². The number of piperidine rings is 1. The number of hydrogen-bond donors (Lipinski definition) is 1. The monoisotopic (exact) mass is 444 g/mol. The molecule has 1 heterocycles. The van der Waals surface area contributed by atoms with Gasteiger partial charge in [0.15, 0.2) is 0 Å². The summed E-state index contributed by atoms with van der Waals surface area (Å²) in [6, 6.07) is 17.6. The van der Waals surface area contributed by atoms with Crippen molar-refractivity contribution < 1.29 is 9.59 Å². The van der Waals surface area contributed by atoms with Crippen LogP contribution in [-0.2, 0) is 9.59 Å². The molecule has 2 aromatic rings. The maximum Gasteiger partial charge on any atom is 0.233 e. The lowest BCUT2D eigenvalue weighted by atomic mass is 9.93. The molecule has 1 aliphatic heterocycles. The molecule has 2 atom stereocenters. The molecule has 0 aliphatic carbocycles. The Labute approximate surface area is 188 Å². The van der Waals surface area contributed by atoms with Crippen molar-refractivity contribution in [3.05, 3.63) is 65.2 Å². The molecule has 6 heteroatoms. The van der Waals surface area contributed by atoms with E-state index in [0.717, 1.165) is 29.7 Å². The molecular formula is C24H29ClN2O2S. The summed E-state index contributed by atoms with van der Waals surface area (Å²) in [6.45, 7) is 5.35. The molecule has 2 amide bonds. The number of benzene rings is 2. The summed E-state index contributed by atoms with van der Waals surface area (Å²) >= 11 is 7.44. The SMILES string of the molecule is CCC(C(=O)N1CCC(NC(=O)C(C)Sc2ccc(Cl)cc2)CC1)c1ccccc1. The highest BCUT2D eigenvalue weighted by molar-refractivity contribution is 8.00. The third kappa shape index (κ3) is 6.02. The van der Waals surface area contributed by atoms with Gasteiger partial charge in [-0.3, -0.25) is 9.59 Å². The fourth-order valence-corrected chi connectivity index (χ4v) is 4.79. The van der Waals surface area contributed by atoms with Crippen molar-refractivity contribution in [3.63, 3.8) is 0 Å². The highest BCUT2D eigenvalue weighted by atomic mass is 35.5. The molecule has 4 nitrogen and oxygen atoms in total. The Bertz CT molecular complexity index is 836. The number of nitrogens with zero attached hydrogens (tertiary/aromatic N) is 1. The van der Waals surface area contributed by atoms with Crippen LogP contribution in [0.15, 0.2) is 59.5 Å². The van der Waals surface area contributed by atoms with E-state index in [4.69, 9.17) is 11.6 Å². The van der Waals surface area contributed by atoms with Gasteiger partial charge in [-0.15, -0.1) is 11.8 Å². The second-order valence-corrected chi connectivity index (χ2v) is 9.54. The first-order valence-electron chi connectivity index (χ1n) is 10.5. The topological polar surface area (TPSA) is 49.4 Å². The molecule has 0 radical (unpaired) electrons. The van der Waals surface area contributed by atoms with Crippen LogP contribution in [0.4, 0.5) is 0 Å². The molecule has 3 rings (SSSR count). The Kier molecular flexibility index (Phi) is 8.23. The van der Waals surface area contributed by atoms with Crippen LogP contribution in [0, 0.1) is 0 Å². The highest BCUT2D eigenvalue weighted by Crippen LogP contribution is 2.26. The van der Waals surface area contributed by atoms with E-state index in [1.54, 1.807) is 0 Å². The minimum atomic E-state index is -0.187. The van der Waals surface area contributed by atoms with Crippen molar-refractivity contribution >= 4 is 35.2 Å². The molecule has 2 unspecified atom stereocenters. The summed E-state index contributed by atoms with van der Waals surface area (Å²) in [4.78, 5) is 28.6. The van der Waals surface area contributed by atoms with Gasteiger partial charge in [-0.05, 0) is 56.0 Å². The average Bonchev–Trinajstić information content (AvgIpc) is 2.77. The van der Waals surface area contributed by atoms with Gasteiger partial charge in [0.05, 0.1) is 11.2 Å². The molecule has 2 aromatic carbocycles. The van der Waals surface area contributed by atoms with E-state index >= 15 is 0 Å². The minimum absolute atomic E-state index is 0.0375. The number of nitrogens with one attached hydrogen (secondary N) is 1. The van der Waals surface area contributed by atoms with Crippen LogP contribution in [0.3, 0.4) is 0 Å². The molecule has 0 spiro atoms. The smallest absolute Gasteiger partial charge is 0.233 e. The van der Waals surface area contributed by atoms with Crippen molar-refractivity contribution in [1.82, 2.24) is 10.2 Å². The van der Waals surface area contributed by atoms with Crippen molar-refractivity contribution in [2.75, 3.05) is 13.1 Å². The Balaban J connectivity index is 1.48. The average molecular weight is 445 g/mol. The number of amides is 2. The lowest BCUT2D eigenvalue weighted by Gasteiger charge is -2.35. The Hall–Kier alpha value is -1.98. The van der Waals surface area contributed by atoms with E-state index in [2.05, 4.69) is 12.2 Å². The van der Waals surface area contributed by atoms with E-state index < -0.39 is 0 Å². The molecule has 160 valence electrons. The summed E-state index contributed by atoms with van der Waals surface area (Å²) in [5, 5.41) is 3.66. The van der Waals surface area contributed by atoms with Gasteiger partial charge in [0.25, 0.3) is 0 Å². The van der Waals surface area contributed by atoms with Gasteiger partial charge < -0.3 is 10.2 Å². The Morgan fingerprint density at radius 2 is 1.73 bits per heavy atom. The maximum absolute atomic E-state index is 13.0. The van der Waals surface area contributed by atoms with E-state index in [-0.39, 0.29) is 29.0 Å². The first-order valence-corrected chi connectivity index (χ1v) is 11.8. The summed E-state index contributed by atoms with van der Waals surface area (Å²) in [5.74, 6) is 0.142. The second kappa shape index (κ2) is 10.9. The van der Waals surface area contributed by atoms with Gasteiger partial charge in [-0.1, -0.05) is 48.9 Å². The molecule has 0 saturated carbocycles. The number of likely N-dealkylation sites (tertiary alicyclic amines) is 1.